The van der Waals surface area contributed by atoms with E-state index in [2.05, 4.69) is 5.32 Å². The minimum atomic E-state index is -0.607. The number of ether oxygens (including phenoxy) is 1. The summed E-state index contributed by atoms with van der Waals surface area (Å²) in [4.78, 5) is 11.4. The highest BCUT2D eigenvalue weighted by molar-refractivity contribution is 6.31. The molecular weight excluding hydrogens is 283 g/mol. The summed E-state index contributed by atoms with van der Waals surface area (Å²) in [5.41, 5.74) is 6.59. The van der Waals surface area contributed by atoms with E-state index in [-0.39, 0.29) is 11.3 Å². The first-order valence-corrected chi connectivity index (χ1v) is 6.09. The van der Waals surface area contributed by atoms with Crippen molar-refractivity contribution in [3.8, 4) is 5.75 Å². The number of amides is 1. The van der Waals surface area contributed by atoms with Crippen LogP contribution < -0.4 is 15.8 Å². The Kier molecular flexibility index (Phi) is 4.10. The van der Waals surface area contributed by atoms with Gasteiger partial charge in [-0.15, -0.1) is 0 Å². The summed E-state index contributed by atoms with van der Waals surface area (Å²) in [6, 6.07) is 8.98. The van der Waals surface area contributed by atoms with Crippen molar-refractivity contribution in [2.75, 3.05) is 12.4 Å². The largest absolute Gasteiger partial charge is 0.494 e. The van der Waals surface area contributed by atoms with Gasteiger partial charge >= 0.3 is 0 Å². The Morgan fingerprint density at radius 3 is 2.70 bits per heavy atom. The Bertz CT molecular complexity index is 662. The number of methoxy groups -OCH3 is 1. The first-order chi connectivity index (χ1) is 9.51. The summed E-state index contributed by atoms with van der Waals surface area (Å²) in [7, 11) is 1.37. The normalized spacial score (nSPS) is 10.2. The molecule has 0 saturated heterocycles. The topological polar surface area (TPSA) is 64.3 Å². The van der Waals surface area contributed by atoms with Crippen molar-refractivity contribution in [3.63, 3.8) is 0 Å². The molecule has 3 N–H and O–H groups in total. The first kappa shape index (κ1) is 14.1. The van der Waals surface area contributed by atoms with Crippen LogP contribution in [0, 0.1) is 5.82 Å². The highest BCUT2D eigenvalue weighted by Crippen LogP contribution is 2.27. The molecule has 0 spiro atoms. The van der Waals surface area contributed by atoms with Crippen LogP contribution in [0.4, 0.5) is 15.8 Å². The average molecular weight is 295 g/mol. The van der Waals surface area contributed by atoms with Crippen molar-refractivity contribution in [1.82, 2.24) is 0 Å². The molecule has 6 heteroatoms. The van der Waals surface area contributed by atoms with Crippen molar-refractivity contribution in [3.05, 3.63) is 52.8 Å². The van der Waals surface area contributed by atoms with Crippen molar-refractivity contribution < 1.29 is 13.9 Å². The minimum Gasteiger partial charge on any atom is -0.494 e. The highest BCUT2D eigenvalue weighted by Gasteiger charge is 2.10. The predicted molar refractivity (Wildman–Crippen MR) is 76.2 cm³/mol. The lowest BCUT2D eigenvalue weighted by Gasteiger charge is -2.12. The van der Waals surface area contributed by atoms with Crippen LogP contribution >= 0.6 is 11.6 Å². The second kappa shape index (κ2) is 5.79. The van der Waals surface area contributed by atoms with Gasteiger partial charge in [0.2, 0.25) is 0 Å². The van der Waals surface area contributed by atoms with E-state index in [1.807, 2.05) is 0 Å². The van der Waals surface area contributed by atoms with Crippen LogP contribution in [0.2, 0.25) is 5.02 Å². The number of rotatable bonds is 4. The number of hydrogen-bond acceptors (Lipinski definition) is 3. The van der Waals surface area contributed by atoms with Gasteiger partial charge in [0, 0.05) is 16.8 Å². The number of halogens is 2. The number of hydrogen-bond donors (Lipinski definition) is 2. The number of nitrogens with one attached hydrogen (secondary N) is 1. The Morgan fingerprint density at radius 2 is 2.05 bits per heavy atom. The lowest BCUT2D eigenvalue weighted by atomic mass is 10.1. The zero-order valence-electron chi connectivity index (χ0n) is 10.6. The molecule has 4 nitrogen and oxygen atoms in total. The molecule has 0 unspecified atom stereocenters. The van der Waals surface area contributed by atoms with Crippen molar-refractivity contribution in [2.45, 2.75) is 0 Å². The number of nitrogens with two attached hydrogens (primary N) is 1. The second-order valence-corrected chi connectivity index (χ2v) is 4.46. The maximum absolute atomic E-state index is 13.3. The van der Waals surface area contributed by atoms with E-state index < -0.39 is 11.7 Å². The van der Waals surface area contributed by atoms with E-state index in [4.69, 9.17) is 22.1 Å². The fourth-order valence-electron chi connectivity index (χ4n) is 1.72. The molecule has 1 amide bonds. The Balaban J connectivity index is 2.37. The van der Waals surface area contributed by atoms with Crippen LogP contribution in [-0.2, 0) is 0 Å². The van der Waals surface area contributed by atoms with Gasteiger partial charge in [-0.05, 0) is 30.3 Å². The maximum atomic E-state index is 13.3. The Labute approximate surface area is 120 Å². The molecule has 20 heavy (non-hydrogen) atoms. The molecule has 2 aromatic carbocycles. The molecule has 0 aliphatic carbocycles. The number of primary amides is 1. The average Bonchev–Trinajstić information content (AvgIpc) is 2.42. The van der Waals surface area contributed by atoms with Gasteiger partial charge in [-0.25, -0.2) is 4.39 Å². The van der Waals surface area contributed by atoms with Crippen molar-refractivity contribution in [2.24, 2.45) is 5.73 Å². The van der Waals surface area contributed by atoms with Crippen molar-refractivity contribution in [1.29, 1.82) is 0 Å². The molecule has 0 bridgehead atoms. The fraction of sp³-hybridized carbons (Fsp3) is 0.0714. The number of benzene rings is 2. The van der Waals surface area contributed by atoms with E-state index in [0.717, 1.165) is 0 Å². The lowest BCUT2D eigenvalue weighted by Crippen LogP contribution is -2.13. The van der Waals surface area contributed by atoms with Crippen LogP contribution in [0.1, 0.15) is 10.4 Å². The number of carbonyl (C=O) groups is 1. The minimum absolute atomic E-state index is 0.101. The van der Waals surface area contributed by atoms with E-state index >= 15 is 0 Å². The molecule has 0 aromatic heterocycles. The van der Waals surface area contributed by atoms with Gasteiger partial charge in [-0.2, -0.15) is 0 Å². The quantitative estimate of drug-likeness (QED) is 0.909. The summed E-state index contributed by atoms with van der Waals surface area (Å²) in [5, 5.41) is 3.38. The van der Waals surface area contributed by atoms with Crippen LogP contribution in [0.5, 0.6) is 5.75 Å². The van der Waals surface area contributed by atoms with Crippen LogP contribution in [-0.4, -0.2) is 13.0 Å². The fourth-order valence-corrected chi connectivity index (χ4v) is 1.89. The molecule has 2 aromatic rings. The smallest absolute Gasteiger partial charge is 0.250 e. The first-order valence-electron chi connectivity index (χ1n) is 5.71. The predicted octanol–water partition coefficient (Wildman–Crippen LogP) is 3.33. The zero-order chi connectivity index (χ0) is 14.7. The summed E-state index contributed by atoms with van der Waals surface area (Å²) in [6.45, 7) is 0. The van der Waals surface area contributed by atoms with E-state index in [9.17, 15) is 9.18 Å². The molecule has 0 heterocycles. The molecule has 0 aliphatic heterocycles. The van der Waals surface area contributed by atoms with Gasteiger partial charge < -0.3 is 15.8 Å². The molecule has 2 rings (SSSR count). The number of carbonyl (C=O) groups excluding carboxylic acids is 1. The van der Waals surface area contributed by atoms with Gasteiger partial charge in [0.15, 0.2) is 11.6 Å². The molecule has 104 valence electrons. The van der Waals surface area contributed by atoms with Crippen LogP contribution in [0.15, 0.2) is 36.4 Å². The SMILES string of the molecule is COc1cc(Nc2ccc(Cl)cc2C(N)=O)ccc1F. The highest BCUT2D eigenvalue weighted by atomic mass is 35.5. The Hall–Kier alpha value is -2.27. The van der Waals surface area contributed by atoms with E-state index in [0.29, 0.717) is 16.4 Å². The third-order valence-electron chi connectivity index (χ3n) is 2.68. The molecule has 0 saturated carbocycles. The standard InChI is InChI=1S/C14H12ClFN2O2/c1-20-13-7-9(3-4-11(13)16)18-12-5-2-8(15)6-10(12)14(17)19/h2-7,18H,1H3,(H2,17,19). The zero-order valence-corrected chi connectivity index (χ0v) is 11.4. The van der Waals surface area contributed by atoms with Gasteiger partial charge in [0.05, 0.1) is 18.4 Å². The monoisotopic (exact) mass is 294 g/mol. The summed E-state index contributed by atoms with van der Waals surface area (Å²) >= 11 is 5.83. The van der Waals surface area contributed by atoms with Crippen LogP contribution in [0.3, 0.4) is 0 Å². The molecule has 0 fully saturated rings. The lowest BCUT2D eigenvalue weighted by molar-refractivity contribution is 0.100. The molecule has 0 radical (unpaired) electrons. The van der Waals surface area contributed by atoms with Gasteiger partial charge in [0.25, 0.3) is 5.91 Å². The van der Waals surface area contributed by atoms with E-state index in [1.54, 1.807) is 12.1 Å². The maximum Gasteiger partial charge on any atom is 0.250 e. The van der Waals surface area contributed by atoms with Gasteiger partial charge in [-0.1, -0.05) is 11.6 Å². The summed E-state index contributed by atoms with van der Waals surface area (Å²) in [5.74, 6) is -0.974. The third-order valence-corrected chi connectivity index (χ3v) is 2.91. The Morgan fingerprint density at radius 1 is 1.30 bits per heavy atom. The number of anilines is 2. The van der Waals surface area contributed by atoms with Gasteiger partial charge in [-0.3, -0.25) is 4.79 Å². The van der Waals surface area contributed by atoms with E-state index in [1.165, 1.54) is 31.4 Å². The molecular formula is C14H12ClFN2O2. The second-order valence-electron chi connectivity index (χ2n) is 4.03. The van der Waals surface area contributed by atoms with Crippen LogP contribution in [0.25, 0.3) is 0 Å². The van der Waals surface area contributed by atoms with Gasteiger partial charge in [0.1, 0.15) is 0 Å². The summed E-state index contributed by atoms with van der Waals surface area (Å²) in [6.07, 6.45) is 0. The third kappa shape index (κ3) is 3.00. The summed E-state index contributed by atoms with van der Waals surface area (Å²) < 4.78 is 18.2. The molecule has 0 aliphatic rings. The molecule has 0 atom stereocenters. The van der Waals surface area contributed by atoms with Crippen molar-refractivity contribution >= 4 is 28.9 Å².